The number of para-hydroxylation sites is 1. The number of rotatable bonds is 5. The summed E-state index contributed by atoms with van der Waals surface area (Å²) in [7, 11) is 1.68. The molecule has 2 atom stereocenters. The number of hydrogen-bond donors (Lipinski definition) is 2. The fourth-order valence-corrected chi connectivity index (χ4v) is 2.79. The summed E-state index contributed by atoms with van der Waals surface area (Å²) in [5, 5.41) is 3.93. The second-order valence-corrected chi connectivity index (χ2v) is 6.13. The van der Waals surface area contributed by atoms with Gasteiger partial charge in [-0.1, -0.05) is 41.9 Å². The summed E-state index contributed by atoms with van der Waals surface area (Å²) in [4.78, 5) is 4.57. The molecule has 3 rings (SSSR count). The van der Waals surface area contributed by atoms with E-state index in [0.717, 1.165) is 22.7 Å². The van der Waals surface area contributed by atoms with Crippen LogP contribution in [0.5, 0.6) is 0 Å². The van der Waals surface area contributed by atoms with Gasteiger partial charge in [0, 0.05) is 29.3 Å². The number of guanidine groups is 1. The van der Waals surface area contributed by atoms with Crippen molar-refractivity contribution in [3.8, 4) is 0 Å². The van der Waals surface area contributed by atoms with E-state index in [4.69, 9.17) is 22.1 Å². The SMILES string of the molecule is COCc1ccccc1NC(N)=N[C@@H]1C[C@H]1c1ccc(Cl)cc1. The topological polar surface area (TPSA) is 59.6 Å². The summed E-state index contributed by atoms with van der Waals surface area (Å²) in [6, 6.07) is 16.1. The van der Waals surface area contributed by atoms with E-state index in [0.29, 0.717) is 18.5 Å². The molecule has 1 saturated carbocycles. The van der Waals surface area contributed by atoms with Crippen LogP contribution in [0.2, 0.25) is 5.02 Å². The predicted molar refractivity (Wildman–Crippen MR) is 95.0 cm³/mol. The van der Waals surface area contributed by atoms with Crippen LogP contribution in [0.4, 0.5) is 5.69 Å². The molecule has 5 heteroatoms. The maximum Gasteiger partial charge on any atom is 0.193 e. The van der Waals surface area contributed by atoms with Crippen molar-refractivity contribution in [2.45, 2.75) is 25.0 Å². The van der Waals surface area contributed by atoms with Crippen molar-refractivity contribution < 1.29 is 4.74 Å². The Labute approximate surface area is 141 Å². The first-order chi connectivity index (χ1) is 11.2. The zero-order chi connectivity index (χ0) is 16.2. The van der Waals surface area contributed by atoms with Crippen molar-refractivity contribution in [2.24, 2.45) is 10.7 Å². The van der Waals surface area contributed by atoms with Crippen LogP contribution in [0, 0.1) is 0 Å². The van der Waals surface area contributed by atoms with E-state index in [-0.39, 0.29) is 6.04 Å². The van der Waals surface area contributed by atoms with E-state index in [1.807, 2.05) is 36.4 Å². The van der Waals surface area contributed by atoms with Crippen molar-refractivity contribution in [2.75, 3.05) is 12.4 Å². The molecule has 2 aromatic rings. The van der Waals surface area contributed by atoms with Crippen LogP contribution in [0.25, 0.3) is 0 Å². The lowest BCUT2D eigenvalue weighted by molar-refractivity contribution is 0.185. The van der Waals surface area contributed by atoms with Crippen LogP contribution in [-0.2, 0) is 11.3 Å². The summed E-state index contributed by atoms with van der Waals surface area (Å²) in [6.07, 6.45) is 1.02. The molecule has 1 fully saturated rings. The molecule has 2 aromatic carbocycles. The van der Waals surface area contributed by atoms with Crippen LogP contribution in [0.3, 0.4) is 0 Å². The summed E-state index contributed by atoms with van der Waals surface area (Å²) in [5.74, 6) is 0.872. The zero-order valence-corrected chi connectivity index (χ0v) is 13.8. The third-order valence-electron chi connectivity index (χ3n) is 3.94. The first-order valence-corrected chi connectivity index (χ1v) is 7.98. The van der Waals surface area contributed by atoms with Crippen LogP contribution >= 0.6 is 11.6 Å². The van der Waals surface area contributed by atoms with Gasteiger partial charge in [-0.3, -0.25) is 0 Å². The minimum atomic E-state index is 0.235. The van der Waals surface area contributed by atoms with Crippen LogP contribution in [0.15, 0.2) is 53.5 Å². The Kier molecular flexibility index (Phi) is 4.84. The van der Waals surface area contributed by atoms with Gasteiger partial charge < -0.3 is 15.8 Å². The largest absolute Gasteiger partial charge is 0.380 e. The van der Waals surface area contributed by atoms with Gasteiger partial charge in [0.2, 0.25) is 0 Å². The van der Waals surface area contributed by atoms with Gasteiger partial charge in [-0.2, -0.15) is 0 Å². The molecule has 1 aliphatic rings. The van der Waals surface area contributed by atoms with E-state index < -0.39 is 0 Å². The van der Waals surface area contributed by atoms with Crippen LogP contribution in [-0.4, -0.2) is 19.1 Å². The third-order valence-corrected chi connectivity index (χ3v) is 4.19. The third kappa shape index (κ3) is 4.03. The number of aliphatic imine (C=N–C) groups is 1. The Hall–Kier alpha value is -2.04. The average Bonchev–Trinajstić information content (AvgIpc) is 3.29. The van der Waals surface area contributed by atoms with Crippen molar-refractivity contribution in [1.82, 2.24) is 0 Å². The molecule has 0 heterocycles. The van der Waals surface area contributed by atoms with Crippen LogP contribution < -0.4 is 11.1 Å². The normalized spacial score (nSPS) is 20.3. The fraction of sp³-hybridized carbons (Fsp3) is 0.278. The smallest absolute Gasteiger partial charge is 0.193 e. The Morgan fingerprint density at radius 3 is 2.74 bits per heavy atom. The Balaban J connectivity index is 1.64. The summed E-state index contributed by atoms with van der Waals surface area (Å²) < 4.78 is 5.20. The summed E-state index contributed by atoms with van der Waals surface area (Å²) in [5.41, 5.74) is 9.30. The molecule has 0 radical (unpaired) electrons. The molecule has 0 bridgehead atoms. The summed E-state index contributed by atoms with van der Waals surface area (Å²) >= 11 is 5.92. The lowest BCUT2D eigenvalue weighted by Crippen LogP contribution is -2.24. The Bertz CT molecular complexity index is 700. The van der Waals surface area contributed by atoms with E-state index in [1.165, 1.54) is 5.56 Å². The number of benzene rings is 2. The van der Waals surface area contributed by atoms with Gasteiger partial charge in [-0.15, -0.1) is 0 Å². The van der Waals surface area contributed by atoms with Gasteiger partial charge in [-0.05, 0) is 30.2 Å². The van der Waals surface area contributed by atoms with E-state index in [2.05, 4.69) is 22.4 Å². The van der Waals surface area contributed by atoms with Crippen molar-refractivity contribution in [3.05, 3.63) is 64.7 Å². The number of ether oxygens (including phenoxy) is 1. The van der Waals surface area contributed by atoms with E-state index in [9.17, 15) is 0 Å². The van der Waals surface area contributed by atoms with Gasteiger partial charge in [0.1, 0.15) is 0 Å². The van der Waals surface area contributed by atoms with Gasteiger partial charge in [0.05, 0.1) is 12.6 Å². The molecular weight excluding hydrogens is 310 g/mol. The molecule has 1 aliphatic carbocycles. The van der Waals surface area contributed by atoms with Crippen molar-refractivity contribution >= 4 is 23.2 Å². The van der Waals surface area contributed by atoms with Gasteiger partial charge in [-0.25, -0.2) is 4.99 Å². The molecule has 0 unspecified atom stereocenters. The van der Waals surface area contributed by atoms with Crippen LogP contribution in [0.1, 0.15) is 23.5 Å². The minimum Gasteiger partial charge on any atom is -0.380 e. The molecule has 4 nitrogen and oxygen atoms in total. The standard InChI is InChI=1S/C18H20ClN3O/c1-23-11-13-4-2-3-5-16(13)21-18(20)22-17-10-15(17)12-6-8-14(19)9-7-12/h2-9,15,17H,10-11H2,1H3,(H3,20,21,22)/t15-,17+/m0/s1. The van der Waals surface area contributed by atoms with E-state index in [1.54, 1.807) is 7.11 Å². The maximum absolute atomic E-state index is 6.05. The molecule has 120 valence electrons. The molecule has 0 amide bonds. The van der Waals surface area contributed by atoms with Crippen molar-refractivity contribution in [3.63, 3.8) is 0 Å². The quantitative estimate of drug-likeness (QED) is 0.648. The molecule has 0 aromatic heterocycles. The van der Waals surface area contributed by atoms with E-state index >= 15 is 0 Å². The highest BCUT2D eigenvalue weighted by molar-refractivity contribution is 6.30. The summed E-state index contributed by atoms with van der Waals surface area (Å²) in [6.45, 7) is 0.535. The highest BCUT2D eigenvalue weighted by Gasteiger charge is 2.38. The molecule has 0 saturated heterocycles. The molecule has 23 heavy (non-hydrogen) atoms. The number of methoxy groups -OCH3 is 1. The number of hydrogen-bond acceptors (Lipinski definition) is 2. The number of nitrogens with zero attached hydrogens (tertiary/aromatic N) is 1. The lowest BCUT2D eigenvalue weighted by atomic mass is 10.1. The van der Waals surface area contributed by atoms with Gasteiger partial charge in [0.15, 0.2) is 5.96 Å². The van der Waals surface area contributed by atoms with Gasteiger partial charge in [0.25, 0.3) is 0 Å². The number of nitrogens with two attached hydrogens (primary N) is 1. The molecular formula is C18H20ClN3O. The minimum absolute atomic E-state index is 0.235. The number of halogens is 1. The second-order valence-electron chi connectivity index (χ2n) is 5.69. The second kappa shape index (κ2) is 7.02. The predicted octanol–water partition coefficient (Wildman–Crippen LogP) is 3.77. The maximum atomic E-state index is 6.05. The monoisotopic (exact) mass is 329 g/mol. The zero-order valence-electron chi connectivity index (χ0n) is 13.0. The molecule has 3 N–H and O–H groups in total. The first kappa shape index (κ1) is 15.8. The van der Waals surface area contributed by atoms with Gasteiger partial charge >= 0.3 is 0 Å². The molecule has 0 aliphatic heterocycles. The number of anilines is 1. The lowest BCUT2D eigenvalue weighted by Gasteiger charge is -2.10. The highest BCUT2D eigenvalue weighted by atomic mass is 35.5. The number of nitrogens with one attached hydrogen (secondary N) is 1. The fourth-order valence-electron chi connectivity index (χ4n) is 2.67. The Morgan fingerprint density at radius 2 is 2.00 bits per heavy atom. The highest BCUT2D eigenvalue weighted by Crippen LogP contribution is 2.43. The average molecular weight is 330 g/mol. The first-order valence-electron chi connectivity index (χ1n) is 7.60. The Morgan fingerprint density at radius 1 is 1.26 bits per heavy atom. The molecule has 0 spiro atoms. The van der Waals surface area contributed by atoms with Crippen molar-refractivity contribution in [1.29, 1.82) is 0 Å².